The van der Waals surface area contributed by atoms with Crippen molar-refractivity contribution in [3.8, 4) is 41.8 Å². The van der Waals surface area contributed by atoms with Crippen LogP contribution in [-0.2, 0) is 22.9 Å². The Morgan fingerprint density at radius 3 is 2.45 bits per heavy atom. The molecule has 0 fully saturated rings. The monoisotopic (exact) mass is 460 g/mol. The first kappa shape index (κ1) is 22.2. The predicted octanol–water partition coefficient (Wildman–Crippen LogP) is 1.47. The highest BCUT2D eigenvalue weighted by Gasteiger charge is 2.29. The number of nitrogen functional groups attached to an aromatic ring is 1. The quantitative estimate of drug-likeness (QED) is 0.436. The van der Waals surface area contributed by atoms with Crippen molar-refractivity contribution in [2.45, 2.75) is 24.7 Å². The van der Waals surface area contributed by atoms with Crippen molar-refractivity contribution in [3.05, 3.63) is 47.3 Å². The molecule has 9 nitrogen and oxygen atoms in total. The minimum absolute atomic E-state index is 0.0385. The maximum absolute atomic E-state index is 12.9. The average Bonchev–Trinajstić information content (AvgIpc) is 3.19. The molecule has 0 bridgehead atoms. The van der Waals surface area contributed by atoms with Crippen LogP contribution in [0.4, 0.5) is 5.95 Å². The molecule has 33 heavy (non-hydrogen) atoms. The molecule has 0 unspecified atom stereocenters. The second-order valence-corrected chi connectivity index (χ2v) is 9.36. The number of aromatic nitrogens is 4. The van der Waals surface area contributed by atoms with Gasteiger partial charge in [-0.3, -0.25) is 4.79 Å². The zero-order chi connectivity index (χ0) is 23.8. The number of ketones is 1. The number of aryl methyl sites for hydroxylation is 1. The van der Waals surface area contributed by atoms with Gasteiger partial charge in [-0.2, -0.15) is 9.40 Å². The second kappa shape index (κ2) is 8.51. The van der Waals surface area contributed by atoms with Gasteiger partial charge in [0.05, 0.1) is 35.1 Å². The lowest BCUT2D eigenvalue weighted by Crippen LogP contribution is -2.31. The molecule has 0 spiro atoms. The molecule has 2 N–H and O–H groups in total. The van der Waals surface area contributed by atoms with Gasteiger partial charge in [0.2, 0.25) is 16.0 Å². The summed E-state index contributed by atoms with van der Waals surface area (Å²) in [6.07, 6.45) is 13.5. The van der Waals surface area contributed by atoms with Crippen LogP contribution in [-0.4, -0.2) is 51.3 Å². The largest absolute Gasteiger partial charge is 0.368 e. The van der Waals surface area contributed by atoms with Crippen LogP contribution in [0.15, 0.2) is 35.4 Å². The van der Waals surface area contributed by atoms with Gasteiger partial charge in [0, 0.05) is 18.7 Å². The fourth-order valence-electron chi connectivity index (χ4n) is 3.81. The van der Waals surface area contributed by atoms with Gasteiger partial charge in [-0.05, 0) is 42.7 Å². The first-order valence-corrected chi connectivity index (χ1v) is 11.4. The van der Waals surface area contributed by atoms with Gasteiger partial charge in [0.25, 0.3) is 0 Å². The average molecular weight is 461 g/mol. The van der Waals surface area contributed by atoms with Crippen molar-refractivity contribution in [3.63, 3.8) is 0 Å². The van der Waals surface area contributed by atoms with E-state index < -0.39 is 10.0 Å². The Balaban J connectivity index is 1.83. The fourth-order valence-corrected chi connectivity index (χ4v) is 5.07. The van der Waals surface area contributed by atoms with Gasteiger partial charge >= 0.3 is 0 Å². The summed E-state index contributed by atoms with van der Waals surface area (Å²) < 4.78 is 28.5. The number of carbonyl (C=O) groups excluding carboxylic acids is 1. The zero-order valence-electron chi connectivity index (χ0n) is 17.8. The number of benzene rings is 1. The Hall–Kier alpha value is -3.99. The molecular weight excluding hydrogens is 440 g/mol. The summed E-state index contributed by atoms with van der Waals surface area (Å²) in [6.45, 7) is 1.18. The molecule has 2 heterocycles. The molecule has 0 amide bonds. The van der Waals surface area contributed by atoms with Crippen LogP contribution < -0.4 is 5.73 Å². The Bertz CT molecular complexity index is 1430. The third-order valence-corrected chi connectivity index (χ3v) is 7.13. The SMILES string of the molecule is C#CCN(CC#C)S(=O)(=O)c1ccc(-n2nc(C(C)=O)c3c2-c2nc(N)ncc2CC3)cc1. The lowest BCUT2D eigenvalue weighted by Gasteiger charge is -2.19. The molecule has 10 heteroatoms. The fraction of sp³-hybridized carbons (Fsp3) is 0.217. The number of terminal acetylenes is 2. The Morgan fingerprint density at radius 2 is 1.85 bits per heavy atom. The number of Topliss-reactive ketones (excluding diaryl/α,β-unsaturated/α-hetero) is 1. The van der Waals surface area contributed by atoms with Gasteiger partial charge in [0.15, 0.2) is 5.78 Å². The van der Waals surface area contributed by atoms with Crippen LogP contribution in [0.1, 0.15) is 28.5 Å². The van der Waals surface area contributed by atoms with E-state index >= 15 is 0 Å². The third-order valence-electron chi connectivity index (χ3n) is 5.32. The zero-order valence-corrected chi connectivity index (χ0v) is 18.6. The van der Waals surface area contributed by atoms with Crippen molar-refractivity contribution in [1.29, 1.82) is 0 Å². The van der Waals surface area contributed by atoms with E-state index in [4.69, 9.17) is 18.6 Å². The maximum atomic E-state index is 12.9. The number of nitrogens with zero attached hydrogens (tertiary/aromatic N) is 5. The molecule has 0 saturated heterocycles. The number of carbonyl (C=O) groups is 1. The van der Waals surface area contributed by atoms with E-state index in [-0.39, 0.29) is 29.7 Å². The number of rotatable bonds is 6. The van der Waals surface area contributed by atoms with E-state index in [1.165, 1.54) is 19.1 Å². The first-order chi connectivity index (χ1) is 15.8. The van der Waals surface area contributed by atoms with Gasteiger partial charge < -0.3 is 5.73 Å². The van der Waals surface area contributed by atoms with Crippen molar-refractivity contribution in [2.24, 2.45) is 0 Å². The molecule has 1 aliphatic carbocycles. The van der Waals surface area contributed by atoms with Crippen LogP contribution in [0.2, 0.25) is 0 Å². The molecule has 1 aromatic carbocycles. The summed E-state index contributed by atoms with van der Waals surface area (Å²) in [5.74, 6) is 4.56. The van der Waals surface area contributed by atoms with Gasteiger partial charge in [-0.1, -0.05) is 11.8 Å². The lowest BCUT2D eigenvalue weighted by molar-refractivity contribution is 0.101. The summed E-state index contributed by atoms with van der Waals surface area (Å²) in [5.41, 5.74) is 9.65. The Labute approximate surface area is 191 Å². The van der Waals surface area contributed by atoms with E-state index in [0.717, 1.165) is 15.4 Å². The van der Waals surface area contributed by atoms with Crippen LogP contribution >= 0.6 is 0 Å². The van der Waals surface area contributed by atoms with Crippen LogP contribution in [0.25, 0.3) is 17.1 Å². The van der Waals surface area contributed by atoms with Gasteiger partial charge in [-0.25, -0.2) is 23.1 Å². The molecule has 1 aliphatic rings. The van der Waals surface area contributed by atoms with Crippen LogP contribution in [0, 0.1) is 24.7 Å². The molecular formula is C23H20N6O3S. The van der Waals surface area contributed by atoms with E-state index in [1.54, 1.807) is 23.0 Å². The first-order valence-electron chi connectivity index (χ1n) is 10.00. The van der Waals surface area contributed by atoms with Crippen molar-refractivity contribution in [1.82, 2.24) is 24.1 Å². The highest BCUT2D eigenvalue weighted by Crippen LogP contribution is 2.36. The van der Waals surface area contributed by atoms with Crippen LogP contribution in [0.5, 0.6) is 0 Å². The summed E-state index contributed by atoms with van der Waals surface area (Å²) in [4.78, 5) is 20.8. The van der Waals surface area contributed by atoms with Gasteiger partial charge in [-0.15, -0.1) is 12.8 Å². The van der Waals surface area contributed by atoms with E-state index in [1.807, 2.05) is 0 Å². The lowest BCUT2D eigenvalue weighted by atomic mass is 9.92. The molecule has 3 aromatic rings. The summed E-state index contributed by atoms with van der Waals surface area (Å²) in [6, 6.07) is 6.11. The standard InChI is InChI=1S/C23H20N6O3S/c1-4-12-28(13-5-2)33(31,32)18-9-7-17(8-10-18)29-22-19(20(27-29)15(3)30)11-6-16-14-25-23(24)26-21(16)22/h1-2,7-10,14H,6,11-13H2,3H3,(H2,24,25,26). The minimum atomic E-state index is -3.88. The van der Waals surface area contributed by atoms with E-state index in [2.05, 4.69) is 26.9 Å². The molecule has 0 aliphatic heterocycles. The summed E-state index contributed by atoms with van der Waals surface area (Å²) >= 11 is 0. The minimum Gasteiger partial charge on any atom is -0.368 e. The second-order valence-electron chi connectivity index (χ2n) is 7.42. The Morgan fingerprint density at radius 1 is 1.18 bits per heavy atom. The maximum Gasteiger partial charge on any atom is 0.244 e. The van der Waals surface area contributed by atoms with Crippen molar-refractivity contribution >= 4 is 21.8 Å². The highest BCUT2D eigenvalue weighted by molar-refractivity contribution is 7.89. The third kappa shape index (κ3) is 3.87. The number of nitrogens with two attached hydrogens (primary N) is 1. The molecule has 0 radical (unpaired) electrons. The molecule has 2 aromatic heterocycles. The highest BCUT2D eigenvalue weighted by atomic mass is 32.2. The van der Waals surface area contributed by atoms with Crippen molar-refractivity contribution < 1.29 is 13.2 Å². The normalized spacial score (nSPS) is 12.5. The summed E-state index contributed by atoms with van der Waals surface area (Å²) in [7, 11) is -3.88. The van der Waals surface area contributed by atoms with Crippen LogP contribution in [0.3, 0.4) is 0 Å². The topological polar surface area (TPSA) is 124 Å². The number of sulfonamides is 1. The van der Waals surface area contributed by atoms with Crippen molar-refractivity contribution in [2.75, 3.05) is 18.8 Å². The molecule has 0 saturated carbocycles. The number of anilines is 1. The molecule has 166 valence electrons. The van der Waals surface area contributed by atoms with E-state index in [0.29, 0.717) is 35.6 Å². The Kier molecular flexibility index (Phi) is 5.73. The smallest absolute Gasteiger partial charge is 0.244 e. The predicted molar refractivity (Wildman–Crippen MR) is 123 cm³/mol. The molecule has 0 atom stereocenters. The number of fused-ring (bicyclic) bond motifs is 3. The van der Waals surface area contributed by atoms with E-state index in [9.17, 15) is 13.2 Å². The number of hydrogen-bond acceptors (Lipinski definition) is 7. The molecule has 4 rings (SSSR count). The number of hydrogen-bond donors (Lipinski definition) is 1. The van der Waals surface area contributed by atoms with Gasteiger partial charge in [0.1, 0.15) is 5.69 Å². The summed E-state index contributed by atoms with van der Waals surface area (Å²) in [5, 5.41) is 4.53.